The number of fused-ring (bicyclic) bond motifs is 1. The number of esters is 1. The summed E-state index contributed by atoms with van der Waals surface area (Å²) in [6, 6.07) is 15.1. The number of benzene rings is 2. The lowest BCUT2D eigenvalue weighted by Gasteiger charge is -2.09. The van der Waals surface area contributed by atoms with E-state index in [1.165, 1.54) is 24.0 Å². The molecule has 152 valence electrons. The molecule has 0 bridgehead atoms. The Bertz CT molecular complexity index is 1210. The van der Waals surface area contributed by atoms with Crippen LogP contribution in [0.4, 0.5) is 5.69 Å². The number of imidazole rings is 1. The topological polar surface area (TPSA) is 72.7 Å². The second-order valence-corrected chi connectivity index (χ2v) is 7.65. The third-order valence-electron chi connectivity index (χ3n) is 4.89. The molecule has 0 saturated carbocycles. The Morgan fingerprint density at radius 1 is 1.13 bits per heavy atom. The van der Waals surface area contributed by atoms with Crippen molar-refractivity contribution in [2.75, 3.05) is 12.4 Å². The van der Waals surface area contributed by atoms with Gasteiger partial charge in [0.2, 0.25) is 5.91 Å². The molecule has 0 spiro atoms. The number of thiazole rings is 1. The number of para-hydroxylation sites is 1. The van der Waals surface area contributed by atoms with Crippen LogP contribution in [-0.2, 0) is 22.4 Å². The van der Waals surface area contributed by atoms with Crippen LogP contribution >= 0.6 is 11.3 Å². The highest BCUT2D eigenvalue weighted by atomic mass is 32.1. The van der Waals surface area contributed by atoms with E-state index < -0.39 is 5.97 Å². The van der Waals surface area contributed by atoms with Crippen molar-refractivity contribution < 1.29 is 14.3 Å². The number of nitrogens with zero attached hydrogens (tertiary/aromatic N) is 2. The van der Waals surface area contributed by atoms with Crippen LogP contribution in [0.3, 0.4) is 0 Å². The number of ether oxygens (including phenoxy) is 1. The summed E-state index contributed by atoms with van der Waals surface area (Å²) in [7, 11) is 1.31. The zero-order valence-electron chi connectivity index (χ0n) is 16.7. The summed E-state index contributed by atoms with van der Waals surface area (Å²) in [5.74, 6) is -0.703. The Morgan fingerprint density at radius 3 is 2.63 bits per heavy atom. The first-order valence-corrected chi connectivity index (χ1v) is 10.5. The van der Waals surface area contributed by atoms with Gasteiger partial charge in [-0.3, -0.25) is 9.20 Å². The standard InChI is InChI=1S/C23H21N3O3S/c1-3-15-8-10-16(11-9-15)20-13-26-17(14-30-23(26)25-20)12-21(27)24-19-7-5-4-6-18(19)22(28)29-2/h4-11,13-14H,3,12H2,1-2H3,(H,24,27). The van der Waals surface area contributed by atoms with E-state index in [0.29, 0.717) is 11.3 Å². The normalized spacial score (nSPS) is 10.9. The van der Waals surface area contributed by atoms with Gasteiger partial charge in [-0.05, 0) is 24.1 Å². The summed E-state index contributed by atoms with van der Waals surface area (Å²) in [6.07, 6.45) is 3.12. The lowest BCUT2D eigenvalue weighted by Crippen LogP contribution is -2.17. The van der Waals surface area contributed by atoms with Gasteiger partial charge in [-0.15, -0.1) is 11.3 Å². The van der Waals surface area contributed by atoms with Gasteiger partial charge in [-0.1, -0.05) is 43.3 Å². The van der Waals surface area contributed by atoms with Crippen molar-refractivity contribution in [2.24, 2.45) is 0 Å². The Morgan fingerprint density at radius 2 is 1.90 bits per heavy atom. The van der Waals surface area contributed by atoms with Crippen molar-refractivity contribution in [1.82, 2.24) is 9.38 Å². The predicted octanol–water partition coefficient (Wildman–Crippen LogP) is 4.59. The maximum absolute atomic E-state index is 12.6. The molecule has 0 fully saturated rings. The molecule has 0 saturated heterocycles. The molecule has 0 aliphatic rings. The highest BCUT2D eigenvalue weighted by molar-refractivity contribution is 7.15. The Kier molecular flexibility index (Phi) is 5.63. The number of aromatic nitrogens is 2. The zero-order valence-corrected chi connectivity index (χ0v) is 17.5. The van der Waals surface area contributed by atoms with Crippen LogP contribution in [0.2, 0.25) is 0 Å². The van der Waals surface area contributed by atoms with E-state index in [1.807, 2.05) is 16.0 Å². The number of carbonyl (C=O) groups excluding carboxylic acids is 2. The molecule has 0 aliphatic carbocycles. The second kappa shape index (κ2) is 8.51. The van der Waals surface area contributed by atoms with Gasteiger partial charge in [-0.2, -0.15) is 0 Å². The Balaban J connectivity index is 1.54. The first kappa shape index (κ1) is 19.8. The largest absolute Gasteiger partial charge is 0.465 e. The number of anilines is 1. The minimum atomic E-state index is -0.489. The molecule has 1 N–H and O–H groups in total. The summed E-state index contributed by atoms with van der Waals surface area (Å²) < 4.78 is 6.72. The van der Waals surface area contributed by atoms with Crippen molar-refractivity contribution in [1.29, 1.82) is 0 Å². The van der Waals surface area contributed by atoms with Crippen LogP contribution in [-0.4, -0.2) is 28.4 Å². The number of carbonyl (C=O) groups is 2. The summed E-state index contributed by atoms with van der Waals surface area (Å²) in [6.45, 7) is 2.13. The fraction of sp³-hybridized carbons (Fsp3) is 0.174. The second-order valence-electron chi connectivity index (χ2n) is 6.82. The fourth-order valence-electron chi connectivity index (χ4n) is 3.25. The van der Waals surface area contributed by atoms with Gasteiger partial charge < -0.3 is 10.1 Å². The molecule has 0 unspecified atom stereocenters. The molecule has 4 rings (SSSR count). The number of aryl methyl sites for hydroxylation is 1. The van der Waals surface area contributed by atoms with Gasteiger partial charge in [0, 0.05) is 22.8 Å². The number of hydrogen-bond donors (Lipinski definition) is 1. The molecular weight excluding hydrogens is 398 g/mol. The van der Waals surface area contributed by atoms with Gasteiger partial charge in [0.1, 0.15) is 0 Å². The van der Waals surface area contributed by atoms with Gasteiger partial charge in [0.15, 0.2) is 4.96 Å². The molecule has 4 aromatic rings. The molecular formula is C23H21N3O3S. The van der Waals surface area contributed by atoms with Crippen LogP contribution in [0, 0.1) is 0 Å². The van der Waals surface area contributed by atoms with Crippen LogP contribution in [0.25, 0.3) is 16.2 Å². The van der Waals surface area contributed by atoms with E-state index in [9.17, 15) is 9.59 Å². The third-order valence-corrected chi connectivity index (χ3v) is 5.78. The first-order chi connectivity index (χ1) is 14.6. The Hall–Kier alpha value is -3.45. The average molecular weight is 420 g/mol. The smallest absolute Gasteiger partial charge is 0.339 e. The van der Waals surface area contributed by atoms with Crippen LogP contribution < -0.4 is 5.32 Å². The molecule has 7 heteroatoms. The molecule has 2 heterocycles. The molecule has 0 aliphatic heterocycles. The summed E-state index contributed by atoms with van der Waals surface area (Å²) >= 11 is 1.49. The number of nitrogens with one attached hydrogen (secondary N) is 1. The Labute approximate surface area is 178 Å². The van der Waals surface area contributed by atoms with Gasteiger partial charge in [-0.25, -0.2) is 9.78 Å². The van der Waals surface area contributed by atoms with Gasteiger partial charge in [0.05, 0.1) is 30.5 Å². The summed E-state index contributed by atoms with van der Waals surface area (Å²) in [4.78, 5) is 30.1. The highest BCUT2D eigenvalue weighted by Gasteiger charge is 2.16. The van der Waals surface area contributed by atoms with Crippen molar-refractivity contribution in [3.8, 4) is 11.3 Å². The van der Waals surface area contributed by atoms with Crippen molar-refractivity contribution >= 4 is 33.9 Å². The van der Waals surface area contributed by atoms with E-state index in [0.717, 1.165) is 28.3 Å². The molecule has 2 aromatic carbocycles. The SMILES string of the molecule is CCc1ccc(-c2cn3c(CC(=O)Nc4ccccc4C(=O)OC)csc3n2)cc1. The zero-order chi connectivity index (χ0) is 21.1. The quantitative estimate of drug-likeness (QED) is 0.464. The number of rotatable bonds is 6. The number of methoxy groups -OCH3 is 1. The molecule has 30 heavy (non-hydrogen) atoms. The lowest BCUT2D eigenvalue weighted by molar-refractivity contribution is -0.115. The van der Waals surface area contributed by atoms with E-state index in [-0.39, 0.29) is 12.3 Å². The predicted molar refractivity (Wildman–Crippen MR) is 118 cm³/mol. The van der Waals surface area contributed by atoms with E-state index in [4.69, 9.17) is 4.74 Å². The molecule has 0 atom stereocenters. The maximum atomic E-state index is 12.6. The fourth-order valence-corrected chi connectivity index (χ4v) is 4.12. The van der Waals surface area contributed by atoms with Crippen LogP contribution in [0.1, 0.15) is 28.5 Å². The van der Waals surface area contributed by atoms with Gasteiger partial charge in [0.25, 0.3) is 0 Å². The lowest BCUT2D eigenvalue weighted by atomic mass is 10.1. The maximum Gasteiger partial charge on any atom is 0.339 e. The summed E-state index contributed by atoms with van der Waals surface area (Å²) in [5, 5.41) is 4.74. The molecule has 0 radical (unpaired) electrons. The van der Waals surface area contributed by atoms with E-state index >= 15 is 0 Å². The third kappa shape index (κ3) is 3.97. The van der Waals surface area contributed by atoms with E-state index in [2.05, 4.69) is 41.5 Å². The molecule has 1 amide bonds. The van der Waals surface area contributed by atoms with Crippen LogP contribution in [0.5, 0.6) is 0 Å². The highest BCUT2D eigenvalue weighted by Crippen LogP contribution is 2.25. The molecule has 6 nitrogen and oxygen atoms in total. The molecule has 2 aromatic heterocycles. The van der Waals surface area contributed by atoms with E-state index in [1.54, 1.807) is 24.3 Å². The minimum Gasteiger partial charge on any atom is -0.465 e. The number of amides is 1. The van der Waals surface area contributed by atoms with Crippen molar-refractivity contribution in [2.45, 2.75) is 19.8 Å². The van der Waals surface area contributed by atoms with Crippen molar-refractivity contribution in [3.05, 3.63) is 76.9 Å². The first-order valence-electron chi connectivity index (χ1n) is 9.61. The summed E-state index contributed by atoms with van der Waals surface area (Å²) in [5.41, 5.74) is 4.80. The average Bonchev–Trinajstić information content (AvgIpc) is 3.35. The van der Waals surface area contributed by atoms with Crippen LogP contribution in [0.15, 0.2) is 60.1 Å². The van der Waals surface area contributed by atoms with Crippen molar-refractivity contribution in [3.63, 3.8) is 0 Å². The van der Waals surface area contributed by atoms with Gasteiger partial charge >= 0.3 is 5.97 Å². The minimum absolute atomic E-state index is 0.167. The number of hydrogen-bond acceptors (Lipinski definition) is 5. The monoisotopic (exact) mass is 419 g/mol.